The third kappa shape index (κ3) is 4.60. The molecule has 0 rings (SSSR count). The SMILES string of the molecule is [CH2]=[Al][O][Al]=[CH2]. The van der Waals surface area contributed by atoms with Gasteiger partial charge in [-0.3, -0.25) is 0 Å². The average Bonchev–Trinajstić information content (AvgIpc) is 1.41. The Balaban J connectivity index is 2.65. The second kappa shape index (κ2) is 4.60. The minimum absolute atomic E-state index is 0.0104. The van der Waals surface area contributed by atoms with E-state index in [1.807, 2.05) is 0 Å². The molecule has 0 aromatic heterocycles. The van der Waals surface area contributed by atoms with Crippen LogP contribution in [0.4, 0.5) is 0 Å². The first-order valence-corrected chi connectivity index (χ1v) is 3.86. The number of hydrogen-bond donors (Lipinski definition) is 0. The van der Waals surface area contributed by atoms with Gasteiger partial charge < -0.3 is 0 Å². The van der Waals surface area contributed by atoms with Gasteiger partial charge in [0.1, 0.15) is 0 Å². The first kappa shape index (κ1) is 5.60. The van der Waals surface area contributed by atoms with Gasteiger partial charge in [0.25, 0.3) is 0 Å². The van der Waals surface area contributed by atoms with Gasteiger partial charge in [-0.1, -0.05) is 0 Å². The molecule has 0 radical (unpaired) electrons. The summed E-state index contributed by atoms with van der Waals surface area (Å²) in [7, 11) is 0. The normalized spacial score (nSPS) is 4.00. The molecule has 0 aromatic carbocycles. The zero-order valence-electron chi connectivity index (χ0n) is 2.98. The van der Waals surface area contributed by atoms with E-state index in [1.165, 1.54) is 0 Å². The van der Waals surface area contributed by atoms with Gasteiger partial charge in [0, 0.05) is 0 Å². The van der Waals surface area contributed by atoms with E-state index in [1.54, 1.807) is 0 Å². The zero-order valence-corrected chi connectivity index (χ0v) is 5.29. The molecule has 0 bridgehead atoms. The van der Waals surface area contributed by atoms with Crippen LogP contribution in [-0.2, 0) is 2.84 Å². The molecule has 5 heavy (non-hydrogen) atoms. The summed E-state index contributed by atoms with van der Waals surface area (Å²) in [4.78, 5) is 0. The van der Waals surface area contributed by atoms with Gasteiger partial charge in [-0.05, 0) is 0 Å². The molecule has 0 aliphatic heterocycles. The Morgan fingerprint density at radius 2 is 1.60 bits per heavy atom. The monoisotopic (exact) mass is 98.0 g/mol. The number of rotatable bonds is 2. The Bertz CT molecular complexity index is 36.9. The van der Waals surface area contributed by atoms with Crippen LogP contribution in [0.3, 0.4) is 0 Å². The predicted octanol–water partition coefficient (Wildman–Crippen LogP) is -0.895. The van der Waals surface area contributed by atoms with Crippen molar-refractivity contribution in [3.63, 3.8) is 0 Å². The first-order chi connectivity index (χ1) is 2.41. The van der Waals surface area contributed by atoms with Crippen molar-refractivity contribution in [2.45, 2.75) is 0 Å². The van der Waals surface area contributed by atoms with Crippen molar-refractivity contribution in [3.8, 4) is 0 Å². The zero-order chi connectivity index (χ0) is 4.12. The molecule has 1 nitrogen and oxygen atoms in total. The molecular formula is C2H4Al2O. The Morgan fingerprint density at radius 1 is 1.20 bits per heavy atom. The molecule has 0 fully saturated rings. The fourth-order valence-electron chi connectivity index (χ4n) is 0.0680. The Hall–Kier alpha value is 0.605. The van der Waals surface area contributed by atoms with Crippen LogP contribution in [0.15, 0.2) is 0 Å². The summed E-state index contributed by atoms with van der Waals surface area (Å²) < 4.78 is 4.78. The van der Waals surface area contributed by atoms with E-state index < -0.39 is 0 Å². The topological polar surface area (TPSA) is 9.23 Å². The van der Waals surface area contributed by atoms with E-state index in [0.29, 0.717) is 0 Å². The maximum atomic E-state index is 4.78. The van der Waals surface area contributed by atoms with Crippen molar-refractivity contribution < 1.29 is 2.84 Å². The average molecular weight is 98.0 g/mol. The van der Waals surface area contributed by atoms with Crippen LogP contribution < -0.4 is 0 Å². The van der Waals surface area contributed by atoms with Crippen LogP contribution in [0.5, 0.6) is 0 Å². The standard InChI is InChI=1S/2CH2.2Al.O/h2*1H2;;;. The second-order valence-corrected chi connectivity index (χ2v) is 2.22. The van der Waals surface area contributed by atoms with Gasteiger partial charge in [-0.2, -0.15) is 0 Å². The van der Waals surface area contributed by atoms with Gasteiger partial charge in [-0.25, -0.2) is 0 Å². The van der Waals surface area contributed by atoms with Gasteiger partial charge in [0.15, 0.2) is 0 Å². The predicted molar refractivity (Wildman–Crippen MR) is 26.8 cm³/mol. The van der Waals surface area contributed by atoms with E-state index in [0.717, 1.165) is 0 Å². The van der Waals surface area contributed by atoms with Gasteiger partial charge in [0.05, 0.1) is 0 Å². The molecule has 0 atom stereocenters. The molecule has 0 amide bonds. The molecule has 0 N–H and O–H groups in total. The molecule has 0 aliphatic rings. The van der Waals surface area contributed by atoms with Gasteiger partial charge >= 0.3 is 43.8 Å². The fourth-order valence-corrected chi connectivity index (χ4v) is 0.612. The first-order valence-electron chi connectivity index (χ1n) is 1.29. The molecule has 0 saturated heterocycles. The van der Waals surface area contributed by atoms with Crippen LogP contribution in [-0.4, -0.2) is 41.0 Å². The van der Waals surface area contributed by atoms with Crippen molar-refractivity contribution in [1.82, 2.24) is 0 Å². The van der Waals surface area contributed by atoms with Crippen LogP contribution in [0.1, 0.15) is 0 Å². The van der Waals surface area contributed by atoms with Crippen LogP contribution in [0, 0.1) is 0 Å². The van der Waals surface area contributed by atoms with Gasteiger partial charge in [0.2, 0.25) is 0 Å². The molecule has 0 unspecified atom stereocenters. The van der Waals surface area contributed by atoms with Crippen LogP contribution in [0.25, 0.3) is 0 Å². The summed E-state index contributed by atoms with van der Waals surface area (Å²) in [6.07, 6.45) is 0. The molecule has 0 heterocycles. The summed E-state index contributed by atoms with van der Waals surface area (Å²) in [6, 6.07) is 0. The van der Waals surface area contributed by atoms with E-state index in [2.05, 4.69) is 10.8 Å². The molecule has 0 spiro atoms. The third-order valence-corrected chi connectivity index (χ3v) is 1.73. The Kier molecular flexibility index (Phi) is 5.16. The Labute approximate surface area is 44.1 Å². The van der Waals surface area contributed by atoms with Crippen molar-refractivity contribution in [2.75, 3.05) is 0 Å². The molecule has 0 aromatic rings. The van der Waals surface area contributed by atoms with E-state index in [9.17, 15) is 0 Å². The van der Waals surface area contributed by atoms with Crippen molar-refractivity contribution in [3.05, 3.63) is 0 Å². The molecular weight excluding hydrogens is 94.0 g/mol. The van der Waals surface area contributed by atoms with Crippen LogP contribution in [0.2, 0.25) is 0 Å². The second-order valence-electron chi connectivity index (χ2n) is 0.469. The van der Waals surface area contributed by atoms with E-state index in [4.69, 9.17) is 2.84 Å². The third-order valence-electron chi connectivity index (χ3n) is 0.192. The summed E-state index contributed by atoms with van der Waals surface area (Å²) in [5.74, 6) is 0. The molecule has 3 heteroatoms. The summed E-state index contributed by atoms with van der Waals surface area (Å²) in [5, 5.41) is 7.03. The molecule has 0 saturated carbocycles. The van der Waals surface area contributed by atoms with E-state index in [-0.39, 0.29) is 30.2 Å². The van der Waals surface area contributed by atoms with Crippen molar-refractivity contribution in [1.29, 1.82) is 0 Å². The minimum atomic E-state index is 0.0104. The number of hydrogen-bond acceptors (Lipinski definition) is 1. The molecule has 24 valence electrons. The summed E-state index contributed by atoms with van der Waals surface area (Å²) in [5.41, 5.74) is 0. The fraction of sp³-hybridized carbons (Fsp3) is 0. The quantitative estimate of drug-likeness (QED) is 0.407. The van der Waals surface area contributed by atoms with Crippen molar-refractivity contribution >= 4 is 41.0 Å². The summed E-state index contributed by atoms with van der Waals surface area (Å²) in [6.45, 7) is 0. The van der Waals surface area contributed by atoms with Crippen LogP contribution >= 0.6 is 0 Å². The Morgan fingerprint density at radius 3 is 1.60 bits per heavy atom. The van der Waals surface area contributed by atoms with E-state index >= 15 is 0 Å². The van der Waals surface area contributed by atoms with Gasteiger partial charge in [-0.15, -0.1) is 0 Å². The molecule has 0 aliphatic carbocycles. The maximum absolute atomic E-state index is 4.78. The van der Waals surface area contributed by atoms with Crippen molar-refractivity contribution in [2.24, 2.45) is 0 Å². The summed E-state index contributed by atoms with van der Waals surface area (Å²) >= 11 is 0.0208.